The normalized spacial score (nSPS) is 19.6. The Morgan fingerprint density at radius 2 is 1.78 bits per heavy atom. The summed E-state index contributed by atoms with van der Waals surface area (Å²) < 4.78 is 71.7. The maximum absolute atomic E-state index is 12.8. The van der Waals surface area contributed by atoms with E-state index in [-0.39, 0.29) is 37.5 Å². The molecule has 1 aliphatic rings. The first-order valence-electron chi connectivity index (χ1n) is 10.9. The summed E-state index contributed by atoms with van der Waals surface area (Å²) in [6.07, 6.45) is -1.71. The van der Waals surface area contributed by atoms with Crippen LogP contribution in [0, 0.1) is 11.8 Å². The second kappa shape index (κ2) is 13.7. The molecule has 184 valence electrons. The van der Waals surface area contributed by atoms with Gasteiger partial charge in [0.1, 0.15) is 0 Å². The Bertz CT molecular complexity index is 665. The van der Waals surface area contributed by atoms with Crippen molar-refractivity contribution in [1.82, 2.24) is 4.90 Å². The highest BCUT2D eigenvalue weighted by atomic mass is 19.4. The number of esters is 1. The summed E-state index contributed by atoms with van der Waals surface area (Å²) in [7, 11) is 1.30. The summed E-state index contributed by atoms with van der Waals surface area (Å²) in [5.74, 6) is 0.549. The zero-order valence-corrected chi connectivity index (χ0v) is 19.1. The molecule has 0 saturated carbocycles. The zero-order valence-electron chi connectivity index (χ0n) is 19.1. The summed E-state index contributed by atoms with van der Waals surface area (Å²) in [6, 6.07) is 4.53. The van der Waals surface area contributed by atoms with Gasteiger partial charge in [0, 0.05) is 19.0 Å². The number of halogens is 5. The molecule has 1 fully saturated rings. The van der Waals surface area contributed by atoms with Crippen LogP contribution in [0.1, 0.15) is 63.6 Å². The Morgan fingerprint density at radius 1 is 1.19 bits per heavy atom. The molecule has 0 N–H and O–H groups in total. The Balaban J connectivity index is 0.000000920. The quantitative estimate of drug-likeness (QED) is 0.332. The Morgan fingerprint density at radius 3 is 2.25 bits per heavy atom. The van der Waals surface area contributed by atoms with E-state index in [9.17, 15) is 26.7 Å². The largest absolute Gasteiger partial charge is 0.469 e. The van der Waals surface area contributed by atoms with Crippen LogP contribution in [-0.2, 0) is 20.4 Å². The molecule has 0 radical (unpaired) electrons. The average molecular weight is 468 g/mol. The number of carbonyl (C=O) groups is 1. The van der Waals surface area contributed by atoms with Gasteiger partial charge in [0.05, 0.1) is 19.3 Å². The molecule has 2 rings (SSSR count). The number of ether oxygens (including phenoxy) is 2. The van der Waals surface area contributed by atoms with Gasteiger partial charge in [-0.3, -0.25) is 9.69 Å². The first kappa shape index (κ1) is 28.3. The van der Waals surface area contributed by atoms with Gasteiger partial charge in [-0.1, -0.05) is 39.3 Å². The minimum atomic E-state index is -4.43. The van der Waals surface area contributed by atoms with E-state index < -0.39 is 18.4 Å². The lowest BCUT2D eigenvalue weighted by atomic mass is 9.85. The van der Waals surface area contributed by atoms with E-state index >= 15 is 0 Å². The predicted octanol–water partition coefficient (Wildman–Crippen LogP) is 6.31. The molecule has 1 aromatic rings. The third kappa shape index (κ3) is 10.3. The average Bonchev–Trinajstić information content (AvgIpc) is 2.74. The van der Waals surface area contributed by atoms with Crippen molar-refractivity contribution in [2.45, 2.75) is 65.3 Å². The third-order valence-electron chi connectivity index (χ3n) is 5.57. The van der Waals surface area contributed by atoms with Crippen LogP contribution < -0.4 is 0 Å². The lowest BCUT2D eigenvalue weighted by Crippen LogP contribution is -2.39. The molecule has 32 heavy (non-hydrogen) atoms. The number of carbonyl (C=O) groups excluding carboxylic acids is 1. The van der Waals surface area contributed by atoms with E-state index in [4.69, 9.17) is 0 Å². The number of alkyl halides is 5. The molecule has 0 aliphatic carbocycles. The van der Waals surface area contributed by atoms with Crippen LogP contribution in [0.4, 0.5) is 22.0 Å². The fraction of sp³-hybridized carbons (Fsp3) is 0.696. The van der Waals surface area contributed by atoms with Crippen molar-refractivity contribution in [2.24, 2.45) is 11.8 Å². The van der Waals surface area contributed by atoms with Crippen LogP contribution in [0.3, 0.4) is 0 Å². The molecule has 0 amide bonds. The number of methoxy groups -OCH3 is 1. The second-order valence-electron chi connectivity index (χ2n) is 8.28. The Labute approximate surface area is 187 Å². The monoisotopic (exact) mass is 467 g/mol. The summed E-state index contributed by atoms with van der Waals surface area (Å²) in [6.45, 7) is 4.34. The van der Waals surface area contributed by atoms with Crippen LogP contribution in [0.15, 0.2) is 24.3 Å². The molecule has 1 saturated heterocycles. The molecule has 0 spiro atoms. The van der Waals surface area contributed by atoms with Crippen LogP contribution in [-0.4, -0.2) is 44.3 Å². The zero-order chi connectivity index (χ0) is 24.3. The maximum atomic E-state index is 12.8. The van der Waals surface area contributed by atoms with Crippen molar-refractivity contribution in [2.75, 3.05) is 26.8 Å². The highest BCUT2D eigenvalue weighted by molar-refractivity contribution is 5.69. The Hall–Kier alpha value is -1.74. The lowest BCUT2D eigenvalue weighted by Gasteiger charge is -2.39. The lowest BCUT2D eigenvalue weighted by molar-refractivity contribution is -0.143. The number of hydrogen-bond acceptors (Lipinski definition) is 4. The molecule has 2 atom stereocenters. The van der Waals surface area contributed by atoms with Gasteiger partial charge in [-0.25, -0.2) is 0 Å². The molecule has 4 nitrogen and oxygen atoms in total. The molecule has 0 bridgehead atoms. The van der Waals surface area contributed by atoms with E-state index in [1.165, 1.54) is 25.7 Å². The summed E-state index contributed by atoms with van der Waals surface area (Å²) in [4.78, 5) is 13.4. The third-order valence-corrected chi connectivity index (χ3v) is 5.57. The number of rotatable bonds is 8. The summed E-state index contributed by atoms with van der Waals surface area (Å²) >= 11 is 0. The number of nitrogens with zero attached hydrogens (tertiary/aromatic N) is 1. The van der Waals surface area contributed by atoms with E-state index in [1.807, 2.05) is 4.90 Å². The van der Waals surface area contributed by atoms with Gasteiger partial charge in [-0.2, -0.15) is 22.0 Å². The van der Waals surface area contributed by atoms with Crippen LogP contribution in [0.5, 0.6) is 0 Å². The van der Waals surface area contributed by atoms with E-state index in [0.29, 0.717) is 24.9 Å². The highest BCUT2D eigenvalue weighted by Crippen LogP contribution is 2.37. The molecular formula is C23H34F5NO3. The minimum Gasteiger partial charge on any atom is -0.469 e. The van der Waals surface area contributed by atoms with Gasteiger partial charge in [0.15, 0.2) is 0 Å². The molecule has 1 aliphatic heterocycles. The molecule has 1 heterocycles. The molecular weight excluding hydrogens is 433 g/mol. The summed E-state index contributed by atoms with van der Waals surface area (Å²) in [5.41, 5.74) is -0.102. The van der Waals surface area contributed by atoms with Crippen LogP contribution >= 0.6 is 0 Å². The van der Waals surface area contributed by atoms with Gasteiger partial charge >= 0.3 is 18.8 Å². The smallest absolute Gasteiger partial charge is 0.416 e. The van der Waals surface area contributed by atoms with Gasteiger partial charge in [-0.05, 0) is 48.9 Å². The van der Waals surface area contributed by atoms with Gasteiger partial charge < -0.3 is 9.47 Å². The van der Waals surface area contributed by atoms with Gasteiger partial charge in [0.25, 0.3) is 0 Å². The minimum absolute atomic E-state index is 0.0111. The van der Waals surface area contributed by atoms with Crippen molar-refractivity contribution >= 4 is 5.97 Å². The fourth-order valence-electron chi connectivity index (χ4n) is 3.36. The van der Waals surface area contributed by atoms with Crippen LogP contribution in [0.2, 0.25) is 0 Å². The fourth-order valence-corrected chi connectivity index (χ4v) is 3.36. The van der Waals surface area contributed by atoms with Crippen molar-refractivity contribution in [3.63, 3.8) is 0 Å². The number of hydrogen-bond donors (Lipinski definition) is 0. The number of piperidine rings is 1. The van der Waals surface area contributed by atoms with Crippen molar-refractivity contribution in [3.8, 4) is 0 Å². The van der Waals surface area contributed by atoms with Crippen LogP contribution in [0.25, 0.3) is 0 Å². The molecule has 9 heteroatoms. The first-order chi connectivity index (χ1) is 15.0. The molecule has 0 aromatic heterocycles. The summed E-state index contributed by atoms with van der Waals surface area (Å²) in [5, 5.41) is 0. The predicted molar refractivity (Wildman–Crippen MR) is 112 cm³/mol. The molecule has 1 aromatic carbocycles. The van der Waals surface area contributed by atoms with Crippen molar-refractivity contribution in [3.05, 3.63) is 35.4 Å². The maximum Gasteiger partial charge on any atom is 0.416 e. The van der Waals surface area contributed by atoms with Gasteiger partial charge in [0.2, 0.25) is 0 Å². The Kier molecular flexibility index (Phi) is 12.1. The van der Waals surface area contributed by atoms with Gasteiger partial charge in [-0.15, -0.1) is 0 Å². The standard InChI is InChI=1S/C18H22F5NO3.C5H12/c1-26-16(25)11-12-6-7-24(8-9-27-17(19)20)15(10-12)13-2-4-14(5-3-13)18(21,22)23;1-4-5(2)3/h2-5,12,15,17H,6-11H2,1H3;5H,4H2,1-3H3. The number of benzene rings is 1. The topological polar surface area (TPSA) is 38.8 Å². The van der Waals surface area contributed by atoms with E-state index in [2.05, 4.69) is 30.2 Å². The first-order valence-corrected chi connectivity index (χ1v) is 10.9. The van der Waals surface area contributed by atoms with Crippen molar-refractivity contribution < 1.29 is 36.2 Å². The van der Waals surface area contributed by atoms with Crippen molar-refractivity contribution in [1.29, 1.82) is 0 Å². The molecule has 2 unspecified atom stereocenters. The van der Waals surface area contributed by atoms with E-state index in [0.717, 1.165) is 18.1 Å². The SMILES string of the molecule is CCC(C)C.COC(=O)CC1CCN(CCOC(F)F)C(c2ccc(C(F)(F)F)cc2)C1. The number of likely N-dealkylation sites (tertiary alicyclic amines) is 1. The second-order valence-corrected chi connectivity index (χ2v) is 8.28. The van der Waals surface area contributed by atoms with E-state index in [1.54, 1.807) is 0 Å². The highest BCUT2D eigenvalue weighted by Gasteiger charge is 2.33.